The summed E-state index contributed by atoms with van der Waals surface area (Å²) in [7, 11) is -2.96. The predicted octanol–water partition coefficient (Wildman–Crippen LogP) is 4.74. The van der Waals surface area contributed by atoms with Crippen LogP contribution in [0, 0.1) is 0 Å². The third kappa shape index (κ3) is 4.24. The molecule has 2 atom stereocenters. The highest BCUT2D eigenvalue weighted by molar-refractivity contribution is 8.15. The van der Waals surface area contributed by atoms with E-state index in [0.717, 1.165) is 16.4 Å². The third-order valence-electron chi connectivity index (χ3n) is 5.14. The van der Waals surface area contributed by atoms with Crippen LogP contribution in [-0.4, -0.2) is 36.4 Å². The summed E-state index contributed by atoms with van der Waals surface area (Å²) in [6, 6.07) is 16.2. The Kier molecular flexibility index (Phi) is 5.47. The van der Waals surface area contributed by atoms with Gasteiger partial charge in [0.15, 0.2) is 15.0 Å². The summed E-state index contributed by atoms with van der Waals surface area (Å²) in [5.41, 5.74) is 3.43. The van der Waals surface area contributed by atoms with Crippen LogP contribution in [0.5, 0.6) is 0 Å². The summed E-state index contributed by atoms with van der Waals surface area (Å²) in [4.78, 5) is 6.96. The zero-order valence-corrected chi connectivity index (χ0v) is 18.3. The Morgan fingerprint density at radius 1 is 1.18 bits per heavy atom. The largest absolute Gasteiger partial charge is 0.317 e. The molecule has 2 aliphatic rings. The molecule has 0 aliphatic carbocycles. The van der Waals surface area contributed by atoms with E-state index in [1.54, 1.807) is 11.8 Å². The van der Waals surface area contributed by atoms with Crippen LogP contribution in [0.3, 0.4) is 0 Å². The average molecular weight is 435 g/mol. The molecule has 1 fully saturated rings. The van der Waals surface area contributed by atoms with Crippen molar-refractivity contribution in [2.45, 2.75) is 37.6 Å². The van der Waals surface area contributed by atoms with Crippen molar-refractivity contribution in [3.8, 4) is 0 Å². The number of nitrogens with zero attached hydrogens (tertiary/aromatic N) is 2. The molecule has 4 nitrogen and oxygen atoms in total. The van der Waals surface area contributed by atoms with Gasteiger partial charge in [-0.15, -0.1) is 0 Å². The molecule has 0 unspecified atom stereocenters. The van der Waals surface area contributed by atoms with E-state index < -0.39 is 9.84 Å². The number of hydrogen-bond donors (Lipinski definition) is 0. The van der Waals surface area contributed by atoms with Crippen LogP contribution in [0.4, 0.5) is 5.69 Å². The lowest BCUT2D eigenvalue weighted by atomic mass is 10.0. The standard InChI is InChI=1S/C21H23ClN2O2S2/c1-14(2)16-6-8-18(9-7-16)24(11-15-4-3-5-17(22)10-15)21-23-19-12-28(25,26)13-20(19)27-21/h3-10,14,19-20H,11-13H2,1-2H3/t19-,20-/m0/s1. The third-order valence-corrected chi connectivity index (χ3v) is 8.62. The molecular weight excluding hydrogens is 412 g/mol. The topological polar surface area (TPSA) is 49.7 Å². The lowest BCUT2D eigenvalue weighted by Crippen LogP contribution is -2.28. The number of amidine groups is 1. The van der Waals surface area contributed by atoms with E-state index in [4.69, 9.17) is 16.6 Å². The predicted molar refractivity (Wildman–Crippen MR) is 119 cm³/mol. The normalized spacial score (nSPS) is 22.9. The summed E-state index contributed by atoms with van der Waals surface area (Å²) in [5, 5.41) is 1.62. The van der Waals surface area contributed by atoms with Crippen molar-refractivity contribution in [2.75, 3.05) is 16.4 Å². The summed E-state index contributed by atoms with van der Waals surface area (Å²) in [5.74, 6) is 0.844. The molecule has 0 N–H and O–H groups in total. The second-order valence-corrected chi connectivity index (χ2v) is 11.5. The molecule has 2 aromatic carbocycles. The van der Waals surface area contributed by atoms with Crippen LogP contribution in [0.2, 0.25) is 5.02 Å². The molecule has 0 bridgehead atoms. The average Bonchev–Trinajstić information content (AvgIpc) is 3.13. The molecule has 2 heterocycles. The minimum absolute atomic E-state index is 0.0248. The van der Waals surface area contributed by atoms with E-state index >= 15 is 0 Å². The fourth-order valence-electron chi connectivity index (χ4n) is 3.60. The Morgan fingerprint density at radius 2 is 1.93 bits per heavy atom. The van der Waals surface area contributed by atoms with Crippen LogP contribution in [0.1, 0.15) is 30.9 Å². The summed E-state index contributed by atoms with van der Waals surface area (Å²) >= 11 is 7.76. The molecule has 28 heavy (non-hydrogen) atoms. The Balaban J connectivity index is 1.66. The first-order valence-electron chi connectivity index (χ1n) is 9.37. The molecule has 148 valence electrons. The van der Waals surface area contributed by atoms with Crippen molar-refractivity contribution in [1.82, 2.24) is 0 Å². The summed E-state index contributed by atoms with van der Waals surface area (Å²) in [6.45, 7) is 4.99. The Bertz CT molecular complexity index is 1000. The highest BCUT2D eigenvalue weighted by atomic mass is 35.5. The minimum Gasteiger partial charge on any atom is -0.317 e. The number of anilines is 1. The second-order valence-electron chi connectivity index (χ2n) is 7.67. The number of benzene rings is 2. The number of hydrogen-bond acceptors (Lipinski definition) is 5. The van der Waals surface area contributed by atoms with Gasteiger partial charge in [0.2, 0.25) is 0 Å². The van der Waals surface area contributed by atoms with Gasteiger partial charge in [-0.25, -0.2) is 8.42 Å². The molecule has 2 aromatic rings. The molecule has 4 rings (SSSR count). The number of aliphatic imine (C=N–C) groups is 1. The lowest BCUT2D eigenvalue weighted by Gasteiger charge is -2.25. The summed E-state index contributed by atoms with van der Waals surface area (Å²) in [6.07, 6.45) is 0. The second kappa shape index (κ2) is 7.73. The van der Waals surface area contributed by atoms with Crippen molar-refractivity contribution in [2.24, 2.45) is 4.99 Å². The molecule has 0 amide bonds. The minimum atomic E-state index is -2.96. The number of thioether (sulfide) groups is 1. The lowest BCUT2D eigenvalue weighted by molar-refractivity contribution is 0.601. The first-order valence-corrected chi connectivity index (χ1v) is 12.5. The van der Waals surface area contributed by atoms with Crippen molar-refractivity contribution in [3.05, 3.63) is 64.7 Å². The number of sulfone groups is 1. The molecule has 0 aromatic heterocycles. The van der Waals surface area contributed by atoms with Crippen molar-refractivity contribution < 1.29 is 8.42 Å². The van der Waals surface area contributed by atoms with E-state index in [1.807, 2.05) is 24.3 Å². The van der Waals surface area contributed by atoms with Crippen LogP contribution in [-0.2, 0) is 16.4 Å². The Labute approximate surface area is 175 Å². The van der Waals surface area contributed by atoms with E-state index in [-0.39, 0.29) is 22.8 Å². The van der Waals surface area contributed by atoms with Gasteiger partial charge in [-0.1, -0.05) is 61.5 Å². The molecular formula is C21H23ClN2O2S2. The first kappa shape index (κ1) is 19.8. The van der Waals surface area contributed by atoms with Crippen LogP contribution >= 0.6 is 23.4 Å². The van der Waals surface area contributed by atoms with Gasteiger partial charge in [0.05, 0.1) is 24.1 Å². The molecule has 0 spiro atoms. The molecule has 0 radical (unpaired) electrons. The van der Waals surface area contributed by atoms with Gasteiger partial charge < -0.3 is 4.90 Å². The molecule has 7 heteroatoms. The van der Waals surface area contributed by atoms with Crippen molar-refractivity contribution in [3.63, 3.8) is 0 Å². The van der Waals surface area contributed by atoms with E-state index in [0.29, 0.717) is 17.5 Å². The number of fused-ring (bicyclic) bond motifs is 1. The van der Waals surface area contributed by atoms with Crippen LogP contribution < -0.4 is 4.90 Å². The Hall–Kier alpha value is -1.50. The Morgan fingerprint density at radius 3 is 2.57 bits per heavy atom. The zero-order chi connectivity index (χ0) is 19.9. The fourth-order valence-corrected chi connectivity index (χ4v) is 7.59. The fraction of sp³-hybridized carbons (Fsp3) is 0.381. The van der Waals surface area contributed by atoms with E-state index in [1.165, 1.54) is 5.56 Å². The van der Waals surface area contributed by atoms with Gasteiger partial charge in [0.25, 0.3) is 0 Å². The van der Waals surface area contributed by atoms with Crippen molar-refractivity contribution >= 4 is 44.1 Å². The number of rotatable bonds is 4. The van der Waals surface area contributed by atoms with Gasteiger partial charge in [0.1, 0.15) is 0 Å². The van der Waals surface area contributed by atoms with Gasteiger partial charge in [0, 0.05) is 16.0 Å². The van der Waals surface area contributed by atoms with Crippen molar-refractivity contribution in [1.29, 1.82) is 0 Å². The summed E-state index contributed by atoms with van der Waals surface area (Å²) < 4.78 is 23.8. The monoisotopic (exact) mass is 434 g/mol. The van der Waals surface area contributed by atoms with E-state index in [2.05, 4.69) is 43.0 Å². The quantitative estimate of drug-likeness (QED) is 0.697. The smallest absolute Gasteiger partial charge is 0.164 e. The first-order chi connectivity index (χ1) is 13.3. The SMILES string of the molecule is CC(C)c1ccc(N(Cc2cccc(Cl)c2)C2=N[C@H]3CS(=O)(=O)C[C@@H]3S2)cc1. The maximum atomic E-state index is 11.9. The zero-order valence-electron chi connectivity index (χ0n) is 15.9. The van der Waals surface area contributed by atoms with Crippen LogP contribution in [0.25, 0.3) is 0 Å². The highest BCUT2D eigenvalue weighted by Crippen LogP contribution is 2.37. The van der Waals surface area contributed by atoms with Gasteiger partial charge in [-0.2, -0.15) is 0 Å². The van der Waals surface area contributed by atoms with E-state index in [9.17, 15) is 8.42 Å². The van der Waals surface area contributed by atoms with Crippen LogP contribution in [0.15, 0.2) is 53.5 Å². The molecule has 2 aliphatic heterocycles. The highest BCUT2D eigenvalue weighted by Gasteiger charge is 2.44. The number of halogens is 1. The maximum Gasteiger partial charge on any atom is 0.164 e. The maximum absolute atomic E-state index is 11.9. The molecule has 1 saturated heterocycles. The van der Waals surface area contributed by atoms with Gasteiger partial charge in [-0.3, -0.25) is 4.99 Å². The van der Waals surface area contributed by atoms with Gasteiger partial charge >= 0.3 is 0 Å². The van der Waals surface area contributed by atoms with Gasteiger partial charge in [-0.05, 0) is 41.3 Å². The molecule has 0 saturated carbocycles.